The Morgan fingerprint density at radius 2 is 1.50 bits per heavy atom. The Hall–Kier alpha value is -0.860. The van der Waals surface area contributed by atoms with Gasteiger partial charge in [0.15, 0.2) is 0 Å². The molecule has 0 unspecified atom stereocenters. The van der Waals surface area contributed by atoms with Gasteiger partial charge in [-0.25, -0.2) is 8.42 Å². The van der Waals surface area contributed by atoms with E-state index in [1.165, 1.54) is 19.3 Å². The van der Waals surface area contributed by atoms with Crippen LogP contribution < -0.4 is 0 Å². The Morgan fingerprint density at radius 3 is 1.96 bits per heavy atom. The maximum absolute atomic E-state index is 13.5. The van der Waals surface area contributed by atoms with Gasteiger partial charge < -0.3 is 4.74 Å². The minimum absolute atomic E-state index is 0.0119. The first kappa shape index (κ1) is 21.8. The molecule has 0 aromatic heterocycles. The van der Waals surface area contributed by atoms with Crippen LogP contribution in [0.3, 0.4) is 0 Å². The summed E-state index contributed by atoms with van der Waals surface area (Å²) in [6, 6.07) is 0. The van der Waals surface area contributed by atoms with Crippen molar-refractivity contribution >= 4 is 15.8 Å². The second-order valence-electron chi connectivity index (χ2n) is 9.27. The summed E-state index contributed by atoms with van der Waals surface area (Å²) in [6.45, 7) is -0.119. The van der Waals surface area contributed by atoms with Crippen molar-refractivity contribution in [2.45, 2.75) is 75.4 Å². The number of halogens is 4. The number of hydrogen-bond acceptors (Lipinski definition) is 4. The van der Waals surface area contributed by atoms with Crippen LogP contribution in [0.2, 0.25) is 0 Å². The highest BCUT2D eigenvalue weighted by molar-refractivity contribution is 7.91. The lowest BCUT2D eigenvalue weighted by Gasteiger charge is -2.56. The topological polar surface area (TPSA) is 60.4 Å². The molecule has 9 heteroatoms. The van der Waals surface area contributed by atoms with Gasteiger partial charge in [-0.05, 0) is 74.5 Å². The Morgan fingerprint density at radius 1 is 1.00 bits per heavy atom. The molecule has 0 radical (unpaired) electrons. The molecule has 0 aromatic carbocycles. The fraction of sp³-hybridized carbons (Fsp3) is 0.947. The fourth-order valence-corrected chi connectivity index (χ4v) is 6.56. The predicted molar refractivity (Wildman–Crippen MR) is 94.8 cm³/mol. The highest BCUT2D eigenvalue weighted by Crippen LogP contribution is 2.61. The quantitative estimate of drug-likeness (QED) is 0.306. The molecule has 0 atom stereocenters. The highest BCUT2D eigenvalue weighted by atomic mass is 32.2. The van der Waals surface area contributed by atoms with Crippen LogP contribution in [0.25, 0.3) is 0 Å². The van der Waals surface area contributed by atoms with Gasteiger partial charge in [0, 0.05) is 12.7 Å². The van der Waals surface area contributed by atoms with E-state index in [9.17, 15) is 30.8 Å². The van der Waals surface area contributed by atoms with E-state index < -0.39 is 27.4 Å². The SMILES string of the molecule is CS(=O)(=O)C(F)(F)C(F)(F)CCCCOC(=O)CC12CC3CC(CC(C3)C1)C2. The lowest BCUT2D eigenvalue weighted by Crippen LogP contribution is -2.47. The summed E-state index contributed by atoms with van der Waals surface area (Å²) in [6.07, 6.45) is 5.75. The molecule has 28 heavy (non-hydrogen) atoms. The molecular weight excluding hydrogens is 400 g/mol. The van der Waals surface area contributed by atoms with Crippen molar-refractivity contribution in [1.82, 2.24) is 0 Å². The lowest BCUT2D eigenvalue weighted by molar-refractivity contribution is -0.162. The van der Waals surface area contributed by atoms with Gasteiger partial charge in [0.2, 0.25) is 9.84 Å². The lowest BCUT2D eigenvalue weighted by atomic mass is 9.49. The fourth-order valence-electron chi connectivity index (χ4n) is 5.92. The average Bonchev–Trinajstić information content (AvgIpc) is 2.51. The number of hydrogen-bond donors (Lipinski definition) is 0. The first-order chi connectivity index (χ1) is 12.8. The van der Waals surface area contributed by atoms with Crippen molar-refractivity contribution in [3.05, 3.63) is 0 Å². The van der Waals surface area contributed by atoms with Crippen LogP contribution in [-0.4, -0.2) is 38.4 Å². The summed E-state index contributed by atoms with van der Waals surface area (Å²) in [5, 5.41) is -5.10. The highest BCUT2D eigenvalue weighted by Gasteiger charge is 2.63. The van der Waals surface area contributed by atoms with Gasteiger partial charge in [-0.3, -0.25) is 4.79 Å². The molecule has 4 aliphatic carbocycles. The van der Waals surface area contributed by atoms with E-state index in [4.69, 9.17) is 4.74 Å². The zero-order valence-electron chi connectivity index (χ0n) is 16.1. The summed E-state index contributed by atoms with van der Waals surface area (Å²) >= 11 is 0. The van der Waals surface area contributed by atoms with E-state index >= 15 is 0 Å². The Labute approximate surface area is 163 Å². The Bertz CT molecular complexity index is 669. The number of ether oxygens (including phenoxy) is 1. The largest absolute Gasteiger partial charge is 0.466 e. The molecule has 162 valence electrons. The maximum atomic E-state index is 13.5. The molecule has 0 spiro atoms. The number of carbonyl (C=O) groups excluding carboxylic acids is 1. The Balaban J connectivity index is 1.39. The summed E-state index contributed by atoms with van der Waals surface area (Å²) in [4.78, 5) is 12.2. The van der Waals surface area contributed by atoms with Crippen LogP contribution in [0.15, 0.2) is 0 Å². The molecule has 0 saturated heterocycles. The molecule has 4 rings (SSSR count). The second kappa shape index (κ2) is 7.43. The van der Waals surface area contributed by atoms with E-state index in [2.05, 4.69) is 0 Å². The molecule has 4 fully saturated rings. The molecule has 0 heterocycles. The molecule has 0 N–H and O–H groups in total. The van der Waals surface area contributed by atoms with E-state index in [1.54, 1.807) is 0 Å². The predicted octanol–water partition coefficient (Wildman–Crippen LogP) is 4.58. The standard InChI is InChI=1S/C19H28F4O4S/c1-28(25,26)19(22,23)18(20,21)4-2-3-5-27-16(24)12-17-9-13-6-14(10-17)8-15(7-13)11-17/h13-15H,2-12H2,1H3. The van der Waals surface area contributed by atoms with Crippen LogP contribution in [0.1, 0.15) is 64.2 Å². The van der Waals surface area contributed by atoms with Crippen molar-refractivity contribution in [1.29, 1.82) is 0 Å². The number of alkyl halides is 4. The Kier molecular flexibility index (Phi) is 5.80. The van der Waals surface area contributed by atoms with E-state index in [0.717, 1.165) is 19.3 Å². The number of esters is 1. The molecule has 0 amide bonds. The summed E-state index contributed by atoms with van der Waals surface area (Å²) < 4.78 is 80.7. The van der Waals surface area contributed by atoms with Gasteiger partial charge in [0.05, 0.1) is 13.0 Å². The van der Waals surface area contributed by atoms with E-state index in [0.29, 0.717) is 24.2 Å². The van der Waals surface area contributed by atoms with Crippen LogP contribution in [0.5, 0.6) is 0 Å². The average molecular weight is 428 g/mol. The van der Waals surface area contributed by atoms with Crippen molar-refractivity contribution in [3.8, 4) is 0 Å². The van der Waals surface area contributed by atoms with Gasteiger partial charge in [-0.2, -0.15) is 17.6 Å². The first-order valence-corrected chi connectivity index (χ1v) is 11.8. The molecule has 4 bridgehead atoms. The minimum atomic E-state index is -5.21. The molecule has 4 saturated carbocycles. The summed E-state index contributed by atoms with van der Waals surface area (Å²) in [5.74, 6) is -2.88. The van der Waals surface area contributed by atoms with Gasteiger partial charge in [0.25, 0.3) is 0 Å². The van der Waals surface area contributed by atoms with Crippen molar-refractivity contribution in [2.75, 3.05) is 12.9 Å². The molecule has 4 nitrogen and oxygen atoms in total. The maximum Gasteiger partial charge on any atom is 0.406 e. The molecule has 4 aliphatic rings. The van der Waals surface area contributed by atoms with Crippen LogP contribution in [0.4, 0.5) is 17.6 Å². The van der Waals surface area contributed by atoms with Gasteiger partial charge in [-0.1, -0.05) is 0 Å². The van der Waals surface area contributed by atoms with E-state index in [1.807, 2.05) is 0 Å². The van der Waals surface area contributed by atoms with Crippen molar-refractivity contribution in [3.63, 3.8) is 0 Å². The smallest absolute Gasteiger partial charge is 0.406 e. The third-order valence-corrected chi connectivity index (χ3v) is 7.95. The second-order valence-corrected chi connectivity index (χ2v) is 11.3. The first-order valence-electron chi connectivity index (χ1n) is 9.94. The number of unbranched alkanes of at least 4 members (excludes halogenated alkanes) is 1. The van der Waals surface area contributed by atoms with Crippen molar-refractivity contribution < 1.29 is 35.5 Å². The van der Waals surface area contributed by atoms with E-state index in [-0.39, 0.29) is 37.1 Å². The third-order valence-electron chi connectivity index (χ3n) is 6.72. The normalized spacial score (nSPS) is 32.5. The van der Waals surface area contributed by atoms with Crippen LogP contribution in [0, 0.1) is 23.2 Å². The minimum Gasteiger partial charge on any atom is -0.466 e. The number of carbonyl (C=O) groups is 1. The van der Waals surface area contributed by atoms with Gasteiger partial charge in [0.1, 0.15) is 0 Å². The number of rotatable bonds is 9. The number of sulfone groups is 1. The third kappa shape index (κ3) is 4.33. The van der Waals surface area contributed by atoms with Crippen molar-refractivity contribution in [2.24, 2.45) is 23.2 Å². The molecule has 0 aliphatic heterocycles. The van der Waals surface area contributed by atoms with Gasteiger partial charge >= 0.3 is 17.1 Å². The zero-order chi connectivity index (χ0) is 20.8. The molecular formula is C19H28F4O4S. The zero-order valence-corrected chi connectivity index (χ0v) is 16.9. The summed E-state index contributed by atoms with van der Waals surface area (Å²) in [7, 11) is -5.21. The summed E-state index contributed by atoms with van der Waals surface area (Å²) in [5.41, 5.74) is 0.0242. The van der Waals surface area contributed by atoms with Crippen LogP contribution >= 0.6 is 0 Å². The molecule has 0 aromatic rings. The van der Waals surface area contributed by atoms with Crippen LogP contribution in [-0.2, 0) is 19.4 Å². The monoisotopic (exact) mass is 428 g/mol. The van der Waals surface area contributed by atoms with Gasteiger partial charge in [-0.15, -0.1) is 0 Å².